The summed E-state index contributed by atoms with van der Waals surface area (Å²) >= 11 is 0. The van der Waals surface area contributed by atoms with Crippen molar-refractivity contribution in [1.29, 1.82) is 0 Å². The quantitative estimate of drug-likeness (QED) is 0.851. The summed E-state index contributed by atoms with van der Waals surface area (Å²) in [6.07, 6.45) is 1.13. The van der Waals surface area contributed by atoms with Crippen molar-refractivity contribution in [1.82, 2.24) is 4.90 Å². The first-order valence-corrected chi connectivity index (χ1v) is 6.80. The monoisotopic (exact) mass is 283 g/mol. The van der Waals surface area contributed by atoms with Crippen LogP contribution in [0.2, 0.25) is 0 Å². The fraction of sp³-hybridized carbons (Fsp3) is 0.533. The van der Waals surface area contributed by atoms with Crippen LogP contribution in [0.4, 0.5) is 8.78 Å². The molecule has 1 amide bonds. The van der Waals surface area contributed by atoms with Crippen molar-refractivity contribution in [3.05, 3.63) is 29.8 Å². The van der Waals surface area contributed by atoms with Gasteiger partial charge in [-0.05, 0) is 42.5 Å². The SMILES string of the molecule is CC1CC(C)CN(C(=O)c2ccc(OC(F)F)cc2)C1. The highest BCUT2D eigenvalue weighted by Gasteiger charge is 2.26. The van der Waals surface area contributed by atoms with Gasteiger partial charge in [-0.1, -0.05) is 13.8 Å². The maximum atomic E-state index is 12.4. The summed E-state index contributed by atoms with van der Waals surface area (Å²) in [6, 6.07) is 5.86. The van der Waals surface area contributed by atoms with E-state index in [4.69, 9.17) is 0 Å². The Morgan fingerprint density at radius 2 is 1.75 bits per heavy atom. The van der Waals surface area contributed by atoms with E-state index in [1.54, 1.807) is 0 Å². The second kappa shape index (κ2) is 6.20. The van der Waals surface area contributed by atoms with Crippen molar-refractivity contribution >= 4 is 5.91 Å². The lowest BCUT2D eigenvalue weighted by Gasteiger charge is -2.35. The molecule has 0 aromatic heterocycles. The number of carbonyl (C=O) groups is 1. The molecule has 0 N–H and O–H groups in total. The van der Waals surface area contributed by atoms with E-state index >= 15 is 0 Å². The zero-order chi connectivity index (χ0) is 14.7. The third-order valence-corrected chi connectivity index (χ3v) is 3.48. The molecule has 0 spiro atoms. The number of piperidine rings is 1. The lowest BCUT2D eigenvalue weighted by atomic mass is 9.91. The van der Waals surface area contributed by atoms with E-state index in [9.17, 15) is 13.6 Å². The van der Waals surface area contributed by atoms with Gasteiger partial charge in [0.1, 0.15) is 5.75 Å². The molecule has 1 heterocycles. The Kier molecular flexibility index (Phi) is 4.57. The molecule has 1 aliphatic heterocycles. The average molecular weight is 283 g/mol. The van der Waals surface area contributed by atoms with Crippen molar-refractivity contribution in [3.63, 3.8) is 0 Å². The molecule has 3 nitrogen and oxygen atoms in total. The van der Waals surface area contributed by atoms with E-state index in [0.717, 1.165) is 19.5 Å². The standard InChI is InChI=1S/C15H19F2NO2/c1-10-7-11(2)9-18(8-10)14(19)12-3-5-13(6-4-12)20-15(16)17/h3-6,10-11,15H,7-9H2,1-2H3. The molecule has 110 valence electrons. The van der Waals surface area contributed by atoms with E-state index in [1.165, 1.54) is 24.3 Å². The van der Waals surface area contributed by atoms with Gasteiger partial charge in [-0.3, -0.25) is 4.79 Å². The van der Waals surface area contributed by atoms with Gasteiger partial charge < -0.3 is 9.64 Å². The Morgan fingerprint density at radius 1 is 1.20 bits per heavy atom. The van der Waals surface area contributed by atoms with E-state index in [1.807, 2.05) is 4.90 Å². The molecule has 0 radical (unpaired) electrons. The summed E-state index contributed by atoms with van der Waals surface area (Å²) in [4.78, 5) is 14.2. The first-order chi connectivity index (χ1) is 9.45. The number of amides is 1. The fourth-order valence-electron chi connectivity index (χ4n) is 2.79. The summed E-state index contributed by atoms with van der Waals surface area (Å²) in [5.74, 6) is 0.997. The normalized spacial score (nSPS) is 22.9. The fourth-order valence-corrected chi connectivity index (χ4v) is 2.79. The van der Waals surface area contributed by atoms with Gasteiger partial charge >= 0.3 is 6.61 Å². The van der Waals surface area contributed by atoms with Crippen LogP contribution in [0.1, 0.15) is 30.6 Å². The van der Waals surface area contributed by atoms with Crippen molar-refractivity contribution in [3.8, 4) is 5.75 Å². The lowest BCUT2D eigenvalue weighted by molar-refractivity contribution is -0.0498. The van der Waals surface area contributed by atoms with Crippen molar-refractivity contribution < 1.29 is 18.3 Å². The van der Waals surface area contributed by atoms with Crippen molar-refractivity contribution in [2.75, 3.05) is 13.1 Å². The number of alkyl halides is 2. The Hall–Kier alpha value is -1.65. The number of hydrogen-bond acceptors (Lipinski definition) is 2. The van der Waals surface area contributed by atoms with Crippen LogP contribution >= 0.6 is 0 Å². The van der Waals surface area contributed by atoms with Gasteiger partial charge in [-0.15, -0.1) is 0 Å². The summed E-state index contributed by atoms with van der Waals surface area (Å²) in [7, 11) is 0. The minimum atomic E-state index is -2.85. The molecular formula is C15H19F2NO2. The van der Waals surface area contributed by atoms with Crippen LogP contribution in [-0.4, -0.2) is 30.5 Å². The molecule has 1 aromatic rings. The van der Waals surface area contributed by atoms with Gasteiger partial charge in [0, 0.05) is 18.7 Å². The van der Waals surface area contributed by atoms with Crippen LogP contribution in [0.3, 0.4) is 0 Å². The van der Waals surface area contributed by atoms with Gasteiger partial charge in [-0.2, -0.15) is 8.78 Å². The number of benzene rings is 1. The highest BCUT2D eigenvalue weighted by molar-refractivity contribution is 5.94. The van der Waals surface area contributed by atoms with Crippen molar-refractivity contribution in [2.45, 2.75) is 26.9 Å². The van der Waals surface area contributed by atoms with E-state index < -0.39 is 6.61 Å². The number of halogens is 2. The molecule has 0 bridgehead atoms. The average Bonchev–Trinajstić information content (AvgIpc) is 2.37. The third kappa shape index (κ3) is 3.68. The minimum Gasteiger partial charge on any atom is -0.435 e. The minimum absolute atomic E-state index is 0.0491. The first-order valence-electron chi connectivity index (χ1n) is 6.80. The lowest BCUT2D eigenvalue weighted by Crippen LogP contribution is -2.42. The maximum absolute atomic E-state index is 12.4. The highest BCUT2D eigenvalue weighted by Crippen LogP contribution is 2.23. The predicted molar refractivity (Wildman–Crippen MR) is 71.9 cm³/mol. The predicted octanol–water partition coefficient (Wildman–Crippen LogP) is 3.41. The number of carbonyl (C=O) groups excluding carboxylic acids is 1. The molecule has 1 aliphatic rings. The number of nitrogens with zero attached hydrogens (tertiary/aromatic N) is 1. The molecule has 1 fully saturated rings. The topological polar surface area (TPSA) is 29.5 Å². The zero-order valence-electron chi connectivity index (χ0n) is 11.7. The van der Waals surface area contributed by atoms with Crippen LogP contribution in [0, 0.1) is 11.8 Å². The summed E-state index contributed by atoms with van der Waals surface area (Å²) in [6.45, 7) is 2.92. The second-order valence-corrected chi connectivity index (χ2v) is 5.56. The molecule has 2 rings (SSSR count). The Morgan fingerprint density at radius 3 is 2.25 bits per heavy atom. The smallest absolute Gasteiger partial charge is 0.387 e. The molecular weight excluding hydrogens is 264 g/mol. The first kappa shape index (κ1) is 14.8. The molecule has 0 saturated carbocycles. The van der Waals surface area contributed by atoms with Crippen LogP contribution in [0.25, 0.3) is 0 Å². The molecule has 0 aliphatic carbocycles. The Bertz CT molecular complexity index is 451. The van der Waals surface area contributed by atoms with Gasteiger partial charge in [0.05, 0.1) is 0 Å². The molecule has 1 saturated heterocycles. The van der Waals surface area contributed by atoms with Gasteiger partial charge in [0.2, 0.25) is 0 Å². The largest absolute Gasteiger partial charge is 0.435 e. The molecule has 20 heavy (non-hydrogen) atoms. The van der Waals surface area contributed by atoms with E-state index in [-0.39, 0.29) is 11.7 Å². The number of rotatable bonds is 3. The third-order valence-electron chi connectivity index (χ3n) is 3.48. The van der Waals surface area contributed by atoms with Crippen LogP contribution < -0.4 is 4.74 Å². The maximum Gasteiger partial charge on any atom is 0.387 e. The van der Waals surface area contributed by atoms with Crippen LogP contribution in [-0.2, 0) is 0 Å². The van der Waals surface area contributed by atoms with Crippen LogP contribution in [0.5, 0.6) is 5.75 Å². The number of ether oxygens (including phenoxy) is 1. The van der Waals surface area contributed by atoms with Crippen LogP contribution in [0.15, 0.2) is 24.3 Å². The van der Waals surface area contributed by atoms with Crippen molar-refractivity contribution in [2.24, 2.45) is 11.8 Å². The Labute approximate surface area is 117 Å². The van der Waals surface area contributed by atoms with Gasteiger partial charge in [0.15, 0.2) is 0 Å². The van der Waals surface area contributed by atoms with E-state index in [2.05, 4.69) is 18.6 Å². The molecule has 5 heteroatoms. The number of likely N-dealkylation sites (tertiary alicyclic amines) is 1. The van der Waals surface area contributed by atoms with E-state index in [0.29, 0.717) is 17.4 Å². The number of hydrogen-bond donors (Lipinski definition) is 0. The van der Waals surface area contributed by atoms with Gasteiger partial charge in [-0.25, -0.2) is 0 Å². The summed E-state index contributed by atoms with van der Waals surface area (Å²) in [5, 5.41) is 0. The zero-order valence-corrected chi connectivity index (χ0v) is 11.7. The molecule has 2 atom stereocenters. The highest BCUT2D eigenvalue weighted by atomic mass is 19.3. The summed E-state index contributed by atoms with van der Waals surface area (Å²) in [5.41, 5.74) is 0.507. The Balaban J connectivity index is 2.05. The second-order valence-electron chi connectivity index (χ2n) is 5.56. The molecule has 2 unspecified atom stereocenters. The molecule has 1 aromatic carbocycles. The summed E-state index contributed by atoms with van der Waals surface area (Å²) < 4.78 is 28.4. The van der Waals surface area contributed by atoms with Gasteiger partial charge in [0.25, 0.3) is 5.91 Å².